The summed E-state index contributed by atoms with van der Waals surface area (Å²) in [5.41, 5.74) is -0.391. The molecule has 1 aromatic heterocycles. The van der Waals surface area contributed by atoms with Crippen molar-refractivity contribution in [2.24, 2.45) is 0 Å². The van der Waals surface area contributed by atoms with Crippen LogP contribution < -0.4 is 0 Å². The fourth-order valence-corrected chi connectivity index (χ4v) is 1.95. The zero-order valence-corrected chi connectivity index (χ0v) is 14.1. The van der Waals surface area contributed by atoms with Crippen molar-refractivity contribution in [3.8, 4) is 11.8 Å². The van der Waals surface area contributed by atoms with Gasteiger partial charge >= 0.3 is 7.12 Å². The SMILES string of the molecule is COCC#Cc1ccc(C=C(F)B2OC(C)(C)C(C)(C)O2)cn1. The predicted molar refractivity (Wildman–Crippen MR) is 88.2 cm³/mol. The van der Waals surface area contributed by atoms with Crippen molar-refractivity contribution in [3.63, 3.8) is 0 Å². The van der Waals surface area contributed by atoms with Gasteiger partial charge in [-0.05, 0) is 51.3 Å². The summed E-state index contributed by atoms with van der Waals surface area (Å²) in [5, 5.41) is 0. The average Bonchev–Trinajstić information content (AvgIpc) is 2.70. The molecule has 0 N–H and O–H groups in total. The molecule has 0 amide bonds. The van der Waals surface area contributed by atoms with Crippen LogP contribution in [0.1, 0.15) is 39.0 Å². The lowest BCUT2D eigenvalue weighted by Gasteiger charge is -2.32. The Hall–Kier alpha value is -1.68. The van der Waals surface area contributed by atoms with Crippen molar-refractivity contribution in [2.75, 3.05) is 13.7 Å². The Morgan fingerprint density at radius 1 is 1.30 bits per heavy atom. The van der Waals surface area contributed by atoms with Gasteiger partial charge in [-0.25, -0.2) is 9.37 Å². The fourth-order valence-electron chi connectivity index (χ4n) is 1.95. The summed E-state index contributed by atoms with van der Waals surface area (Å²) in [5.74, 6) is 5.66. The van der Waals surface area contributed by atoms with Crippen LogP contribution in [0.15, 0.2) is 24.1 Å². The molecule has 1 aliphatic heterocycles. The molecule has 0 atom stereocenters. The van der Waals surface area contributed by atoms with E-state index in [1.54, 1.807) is 25.4 Å². The Balaban J connectivity index is 2.09. The second-order valence-corrected chi connectivity index (χ2v) is 6.33. The van der Waals surface area contributed by atoms with Gasteiger partial charge < -0.3 is 14.0 Å². The van der Waals surface area contributed by atoms with E-state index in [0.29, 0.717) is 17.9 Å². The van der Waals surface area contributed by atoms with E-state index in [9.17, 15) is 4.39 Å². The number of halogens is 1. The maximum atomic E-state index is 14.4. The molecule has 4 nitrogen and oxygen atoms in total. The number of rotatable bonds is 3. The van der Waals surface area contributed by atoms with Gasteiger partial charge in [0.2, 0.25) is 0 Å². The summed E-state index contributed by atoms with van der Waals surface area (Å²) < 4.78 is 30.5. The largest absolute Gasteiger partial charge is 0.525 e. The normalized spacial score (nSPS) is 19.4. The van der Waals surface area contributed by atoms with Crippen LogP contribution in [-0.4, -0.2) is 37.0 Å². The fraction of sp³-hybridized carbons (Fsp3) is 0.471. The number of ether oxygens (including phenoxy) is 1. The smallest absolute Gasteiger partial charge is 0.398 e. The summed E-state index contributed by atoms with van der Waals surface area (Å²) in [6.45, 7) is 7.88. The van der Waals surface area contributed by atoms with Crippen molar-refractivity contribution in [1.29, 1.82) is 0 Å². The van der Waals surface area contributed by atoms with Gasteiger partial charge in [0, 0.05) is 13.3 Å². The first-order chi connectivity index (χ1) is 10.7. The Morgan fingerprint density at radius 3 is 2.48 bits per heavy atom. The van der Waals surface area contributed by atoms with E-state index >= 15 is 0 Å². The summed E-state index contributed by atoms with van der Waals surface area (Å²) in [4.78, 5) is 4.17. The molecule has 0 aromatic carbocycles. The Kier molecular flexibility index (Phi) is 5.25. The van der Waals surface area contributed by atoms with E-state index in [1.165, 1.54) is 6.08 Å². The molecule has 1 aromatic rings. The van der Waals surface area contributed by atoms with Gasteiger partial charge in [-0.15, -0.1) is 0 Å². The molecule has 1 saturated heterocycles. The van der Waals surface area contributed by atoms with Crippen molar-refractivity contribution in [3.05, 3.63) is 35.3 Å². The minimum absolute atomic E-state index is 0.347. The summed E-state index contributed by atoms with van der Waals surface area (Å²) in [6.07, 6.45) is 2.92. The molecule has 2 rings (SSSR count). The maximum absolute atomic E-state index is 14.4. The van der Waals surface area contributed by atoms with E-state index in [-0.39, 0.29) is 0 Å². The Labute approximate surface area is 137 Å². The predicted octanol–water partition coefficient (Wildman–Crippen LogP) is 3.02. The van der Waals surface area contributed by atoms with E-state index in [1.807, 2.05) is 27.7 Å². The first kappa shape index (κ1) is 17.7. The first-order valence-corrected chi connectivity index (χ1v) is 7.42. The summed E-state index contributed by atoms with van der Waals surface area (Å²) >= 11 is 0. The maximum Gasteiger partial charge on any atom is 0.525 e. The third kappa shape index (κ3) is 4.20. The van der Waals surface area contributed by atoms with E-state index < -0.39 is 24.0 Å². The highest BCUT2D eigenvalue weighted by Crippen LogP contribution is 2.38. The van der Waals surface area contributed by atoms with Crippen LogP contribution in [0.3, 0.4) is 0 Å². The molecule has 0 aliphatic carbocycles. The molecule has 1 aliphatic rings. The molecule has 2 heterocycles. The number of hydrogen-bond donors (Lipinski definition) is 0. The van der Waals surface area contributed by atoms with Crippen LogP contribution >= 0.6 is 0 Å². The van der Waals surface area contributed by atoms with Gasteiger partial charge in [0.05, 0.1) is 11.2 Å². The highest BCUT2D eigenvalue weighted by molar-refractivity contribution is 6.54. The summed E-state index contributed by atoms with van der Waals surface area (Å²) in [7, 11) is 0.579. The minimum atomic E-state index is -0.999. The van der Waals surface area contributed by atoms with Gasteiger partial charge in [-0.1, -0.05) is 12.0 Å². The summed E-state index contributed by atoms with van der Waals surface area (Å²) in [6, 6.07) is 3.47. The van der Waals surface area contributed by atoms with Gasteiger partial charge in [0.15, 0.2) is 0 Å². The van der Waals surface area contributed by atoms with Gasteiger partial charge in [0.25, 0.3) is 0 Å². The number of hydrogen-bond acceptors (Lipinski definition) is 4. The molecular formula is C17H21BFNO3. The van der Waals surface area contributed by atoms with Crippen LogP contribution in [0.25, 0.3) is 6.08 Å². The van der Waals surface area contributed by atoms with Crippen LogP contribution in [0.5, 0.6) is 0 Å². The molecule has 0 saturated carbocycles. The zero-order valence-electron chi connectivity index (χ0n) is 14.1. The van der Waals surface area contributed by atoms with Gasteiger partial charge in [-0.2, -0.15) is 0 Å². The van der Waals surface area contributed by atoms with E-state index in [4.69, 9.17) is 14.0 Å². The quantitative estimate of drug-likeness (QED) is 0.635. The standard InChI is InChI=1S/C17H21BFNO3/c1-16(2)17(3,4)23-18(22-16)15(19)11-13-8-9-14(20-12-13)7-6-10-21-5/h8-9,11-12H,10H2,1-5H3. The van der Waals surface area contributed by atoms with E-state index in [0.717, 1.165) is 0 Å². The second-order valence-electron chi connectivity index (χ2n) is 6.33. The van der Waals surface area contributed by atoms with Crippen LogP contribution in [-0.2, 0) is 14.0 Å². The van der Waals surface area contributed by atoms with Crippen molar-refractivity contribution in [1.82, 2.24) is 4.98 Å². The number of nitrogens with zero attached hydrogens (tertiary/aromatic N) is 1. The van der Waals surface area contributed by atoms with Crippen molar-refractivity contribution < 1.29 is 18.4 Å². The second kappa shape index (κ2) is 6.83. The van der Waals surface area contributed by atoms with E-state index in [2.05, 4.69) is 16.8 Å². The molecule has 0 unspecified atom stereocenters. The molecular weight excluding hydrogens is 296 g/mol. The van der Waals surface area contributed by atoms with Crippen LogP contribution in [0.4, 0.5) is 4.39 Å². The monoisotopic (exact) mass is 317 g/mol. The lowest BCUT2D eigenvalue weighted by atomic mass is 9.87. The lowest BCUT2D eigenvalue weighted by molar-refractivity contribution is 0.00578. The number of pyridine rings is 1. The zero-order chi connectivity index (χ0) is 17.1. The highest BCUT2D eigenvalue weighted by atomic mass is 19.1. The van der Waals surface area contributed by atoms with Gasteiger partial charge in [0.1, 0.15) is 18.0 Å². The molecule has 0 radical (unpaired) electrons. The molecule has 0 spiro atoms. The number of methoxy groups -OCH3 is 1. The Bertz CT molecular complexity index is 628. The van der Waals surface area contributed by atoms with Crippen LogP contribution in [0, 0.1) is 11.8 Å². The molecule has 23 heavy (non-hydrogen) atoms. The third-order valence-electron chi connectivity index (χ3n) is 4.00. The topological polar surface area (TPSA) is 40.6 Å². The third-order valence-corrected chi connectivity index (χ3v) is 4.00. The highest BCUT2D eigenvalue weighted by Gasteiger charge is 2.53. The molecule has 0 bridgehead atoms. The molecule has 122 valence electrons. The Morgan fingerprint density at radius 2 is 1.96 bits per heavy atom. The molecule has 6 heteroatoms. The van der Waals surface area contributed by atoms with Crippen LogP contribution in [0.2, 0.25) is 0 Å². The lowest BCUT2D eigenvalue weighted by Crippen LogP contribution is -2.41. The first-order valence-electron chi connectivity index (χ1n) is 7.42. The van der Waals surface area contributed by atoms with Crippen molar-refractivity contribution >= 4 is 13.2 Å². The molecule has 1 fully saturated rings. The minimum Gasteiger partial charge on any atom is -0.398 e. The number of aromatic nitrogens is 1. The average molecular weight is 317 g/mol. The van der Waals surface area contributed by atoms with Gasteiger partial charge in [-0.3, -0.25) is 0 Å². The van der Waals surface area contributed by atoms with Crippen molar-refractivity contribution in [2.45, 2.75) is 38.9 Å².